The van der Waals surface area contributed by atoms with Gasteiger partial charge in [0, 0.05) is 49.5 Å². The van der Waals surface area contributed by atoms with Crippen molar-refractivity contribution in [1.29, 1.82) is 0 Å². The van der Waals surface area contributed by atoms with Crippen LogP contribution < -0.4 is 0 Å². The van der Waals surface area contributed by atoms with E-state index in [1.54, 1.807) is 0 Å². The van der Waals surface area contributed by atoms with Gasteiger partial charge in [0.15, 0.2) is 5.58 Å². The second-order valence-corrected chi connectivity index (χ2v) is 13.6. The number of hydrogen-bond acceptors (Lipinski definition) is 2. The van der Waals surface area contributed by atoms with Crippen LogP contribution in [0.15, 0.2) is 174 Å². The van der Waals surface area contributed by atoms with Crippen molar-refractivity contribution in [1.82, 2.24) is 18.7 Å². The molecule has 0 saturated heterocycles. The number of furan rings is 1. The SMILES string of the molecule is c1ccc2c(c1)oc1c(-n3c4ccccc4c4cc(-n5c6ccccc6c6ccccc65)ccc43)cc(-n3c4ccccc4c4ccccc43)nc12. The second kappa shape index (κ2) is 10.2. The first-order chi connectivity index (χ1) is 25.8. The average molecular weight is 665 g/mol. The highest BCUT2D eigenvalue weighted by Crippen LogP contribution is 2.41. The smallest absolute Gasteiger partial charge is 0.178 e. The fourth-order valence-corrected chi connectivity index (χ4v) is 8.66. The lowest BCUT2D eigenvalue weighted by molar-refractivity contribution is 0.665. The minimum absolute atomic E-state index is 0.764. The first kappa shape index (κ1) is 27.7. The van der Waals surface area contributed by atoms with Crippen LogP contribution in [0.2, 0.25) is 0 Å². The van der Waals surface area contributed by atoms with Gasteiger partial charge in [-0.1, -0.05) is 103 Å². The third-order valence-electron chi connectivity index (χ3n) is 10.8. The second-order valence-electron chi connectivity index (χ2n) is 13.6. The number of rotatable bonds is 3. The van der Waals surface area contributed by atoms with Crippen LogP contribution >= 0.6 is 0 Å². The Bertz CT molecular complexity index is 3320. The predicted octanol–water partition coefficient (Wildman–Crippen LogP) is 12.3. The van der Waals surface area contributed by atoms with Gasteiger partial charge in [-0.3, -0.25) is 4.57 Å². The predicted molar refractivity (Wildman–Crippen MR) is 215 cm³/mol. The van der Waals surface area contributed by atoms with Crippen LogP contribution in [0.5, 0.6) is 0 Å². The zero-order valence-electron chi connectivity index (χ0n) is 27.9. The van der Waals surface area contributed by atoms with Crippen LogP contribution in [-0.4, -0.2) is 18.7 Å². The molecule has 0 amide bonds. The van der Waals surface area contributed by atoms with E-state index in [4.69, 9.17) is 9.40 Å². The number of para-hydroxylation sites is 6. The van der Waals surface area contributed by atoms with Gasteiger partial charge >= 0.3 is 0 Å². The molecule has 0 spiro atoms. The standard InChI is InChI=1S/C47H28N4O/c1-7-19-37-30(13-1)31-14-2-8-20-38(31)49(37)29-25-26-42-36(27-29)34-17-5-9-21-39(34)50(42)43-28-45(48-46-35-18-6-12-24-44(35)52-47(43)46)51-40-22-10-3-15-32(40)33-16-4-11-23-41(33)51/h1-28H. The molecule has 52 heavy (non-hydrogen) atoms. The molecule has 12 aromatic rings. The van der Waals surface area contributed by atoms with Gasteiger partial charge in [-0.2, -0.15) is 0 Å². The molecule has 0 radical (unpaired) electrons. The van der Waals surface area contributed by atoms with Crippen LogP contribution in [0.4, 0.5) is 0 Å². The van der Waals surface area contributed by atoms with Gasteiger partial charge in [0.1, 0.15) is 16.9 Å². The number of fused-ring (bicyclic) bond motifs is 12. The quantitative estimate of drug-likeness (QED) is 0.189. The van der Waals surface area contributed by atoms with Crippen molar-refractivity contribution < 1.29 is 4.42 Å². The van der Waals surface area contributed by atoms with Crippen molar-refractivity contribution >= 4 is 87.5 Å². The van der Waals surface area contributed by atoms with Crippen molar-refractivity contribution in [2.75, 3.05) is 0 Å². The van der Waals surface area contributed by atoms with Gasteiger partial charge in [0.05, 0.1) is 38.8 Å². The third kappa shape index (κ3) is 3.64. The van der Waals surface area contributed by atoms with E-state index in [2.05, 4.69) is 171 Å². The molecular weight excluding hydrogens is 637 g/mol. The topological polar surface area (TPSA) is 40.8 Å². The fourth-order valence-electron chi connectivity index (χ4n) is 8.66. The molecule has 0 fully saturated rings. The fraction of sp³-hybridized carbons (Fsp3) is 0. The molecular formula is C47H28N4O. The highest BCUT2D eigenvalue weighted by molar-refractivity contribution is 6.14. The largest absolute Gasteiger partial charge is 0.452 e. The summed E-state index contributed by atoms with van der Waals surface area (Å²) >= 11 is 0. The monoisotopic (exact) mass is 664 g/mol. The zero-order chi connectivity index (χ0) is 33.9. The Kier molecular flexibility index (Phi) is 5.44. The van der Waals surface area contributed by atoms with E-state index in [1.165, 1.54) is 43.4 Å². The molecule has 5 nitrogen and oxygen atoms in total. The molecule has 0 aliphatic heterocycles. The maximum atomic E-state index is 6.73. The van der Waals surface area contributed by atoms with Gasteiger partial charge in [-0.15, -0.1) is 0 Å². The van der Waals surface area contributed by atoms with Gasteiger partial charge in [0.25, 0.3) is 0 Å². The summed E-state index contributed by atoms with van der Waals surface area (Å²) in [6.07, 6.45) is 0. The Labute approximate surface area is 296 Å². The van der Waals surface area contributed by atoms with E-state index in [0.29, 0.717) is 0 Å². The summed E-state index contributed by atoms with van der Waals surface area (Å²) in [5, 5.41) is 8.26. The minimum atomic E-state index is 0.764. The van der Waals surface area contributed by atoms with Crippen LogP contribution in [0.1, 0.15) is 0 Å². The molecule has 5 heteroatoms. The Hall–Kier alpha value is -7.11. The summed E-state index contributed by atoms with van der Waals surface area (Å²) < 4.78 is 13.8. The lowest BCUT2D eigenvalue weighted by Gasteiger charge is -2.13. The van der Waals surface area contributed by atoms with E-state index in [-0.39, 0.29) is 0 Å². The number of hydrogen-bond donors (Lipinski definition) is 0. The van der Waals surface area contributed by atoms with E-state index in [0.717, 1.165) is 61.3 Å². The van der Waals surface area contributed by atoms with Crippen LogP contribution in [0.25, 0.3) is 105 Å². The van der Waals surface area contributed by atoms with Crippen molar-refractivity contribution in [2.45, 2.75) is 0 Å². The molecule has 242 valence electrons. The molecule has 0 N–H and O–H groups in total. The highest BCUT2D eigenvalue weighted by Gasteiger charge is 2.23. The third-order valence-corrected chi connectivity index (χ3v) is 10.8. The molecule has 0 unspecified atom stereocenters. The minimum Gasteiger partial charge on any atom is -0.452 e. The molecule has 7 aromatic carbocycles. The Morgan fingerprint density at radius 3 is 1.38 bits per heavy atom. The molecule has 5 heterocycles. The maximum absolute atomic E-state index is 6.73. The van der Waals surface area contributed by atoms with E-state index >= 15 is 0 Å². The number of pyridine rings is 1. The van der Waals surface area contributed by atoms with Crippen LogP contribution in [-0.2, 0) is 0 Å². The lowest BCUT2D eigenvalue weighted by Crippen LogP contribution is -2.02. The summed E-state index contributed by atoms with van der Waals surface area (Å²) in [5.74, 6) is 0.847. The zero-order valence-corrected chi connectivity index (χ0v) is 27.9. The summed E-state index contributed by atoms with van der Waals surface area (Å²) in [6, 6.07) is 60.5. The van der Waals surface area contributed by atoms with Gasteiger partial charge < -0.3 is 13.6 Å². The average Bonchev–Trinajstić information content (AvgIpc) is 3.94. The number of benzene rings is 7. The molecule has 5 aromatic heterocycles. The normalized spacial score (nSPS) is 12.2. The van der Waals surface area contributed by atoms with E-state index in [1.807, 2.05) is 12.1 Å². The van der Waals surface area contributed by atoms with E-state index < -0.39 is 0 Å². The Balaban J connectivity index is 1.20. The highest BCUT2D eigenvalue weighted by atomic mass is 16.3. The molecule has 0 atom stereocenters. The number of aromatic nitrogens is 4. The van der Waals surface area contributed by atoms with Crippen LogP contribution in [0.3, 0.4) is 0 Å². The lowest BCUT2D eigenvalue weighted by atomic mass is 10.1. The van der Waals surface area contributed by atoms with Gasteiger partial charge in [-0.25, -0.2) is 4.98 Å². The first-order valence-electron chi connectivity index (χ1n) is 17.6. The molecule has 0 aliphatic rings. The summed E-state index contributed by atoms with van der Waals surface area (Å²) in [5.41, 5.74) is 11.3. The molecule has 12 rings (SSSR count). The van der Waals surface area contributed by atoms with Crippen LogP contribution in [0, 0.1) is 0 Å². The first-order valence-corrected chi connectivity index (χ1v) is 17.6. The van der Waals surface area contributed by atoms with Crippen molar-refractivity contribution in [3.8, 4) is 17.2 Å². The summed E-state index contributed by atoms with van der Waals surface area (Å²) in [6.45, 7) is 0. The molecule has 0 aliphatic carbocycles. The van der Waals surface area contributed by atoms with E-state index in [9.17, 15) is 0 Å². The summed E-state index contributed by atoms with van der Waals surface area (Å²) in [4.78, 5) is 5.40. The summed E-state index contributed by atoms with van der Waals surface area (Å²) in [7, 11) is 0. The maximum Gasteiger partial charge on any atom is 0.178 e. The molecule has 0 saturated carbocycles. The van der Waals surface area contributed by atoms with Gasteiger partial charge in [-0.05, 0) is 60.7 Å². The Morgan fingerprint density at radius 1 is 0.365 bits per heavy atom. The van der Waals surface area contributed by atoms with Gasteiger partial charge in [0.2, 0.25) is 0 Å². The molecule has 0 bridgehead atoms. The van der Waals surface area contributed by atoms with Crippen molar-refractivity contribution in [3.05, 3.63) is 170 Å². The Morgan fingerprint density at radius 2 is 0.808 bits per heavy atom. The van der Waals surface area contributed by atoms with Crippen molar-refractivity contribution in [2.24, 2.45) is 0 Å². The van der Waals surface area contributed by atoms with Crippen molar-refractivity contribution in [3.63, 3.8) is 0 Å². The number of nitrogens with zero attached hydrogens (tertiary/aromatic N) is 4.